The molecule has 0 radical (unpaired) electrons. The van der Waals surface area contributed by atoms with Gasteiger partial charge in [-0.05, 0) is 48.4 Å². The van der Waals surface area contributed by atoms with Crippen LogP contribution in [0.15, 0.2) is 54.9 Å². The first-order valence-corrected chi connectivity index (χ1v) is 10.9. The van der Waals surface area contributed by atoms with Gasteiger partial charge in [-0.25, -0.2) is 14.4 Å². The highest BCUT2D eigenvalue weighted by Crippen LogP contribution is 2.26. The van der Waals surface area contributed by atoms with Gasteiger partial charge in [0.25, 0.3) is 0 Å². The number of rotatable bonds is 10. The van der Waals surface area contributed by atoms with Crippen LogP contribution in [-0.4, -0.2) is 9.97 Å². The van der Waals surface area contributed by atoms with E-state index in [9.17, 15) is 4.39 Å². The Hall–Kier alpha value is -2.55. The Kier molecular flexibility index (Phi) is 7.92. The van der Waals surface area contributed by atoms with Crippen LogP contribution >= 0.6 is 0 Å². The van der Waals surface area contributed by atoms with Crippen LogP contribution in [0.2, 0.25) is 0 Å². The quantitative estimate of drug-likeness (QED) is 0.337. The lowest BCUT2D eigenvalue weighted by Crippen LogP contribution is -1.93. The average molecular weight is 391 g/mol. The highest BCUT2D eigenvalue weighted by Gasteiger charge is 2.08. The molecule has 2 aromatic carbocycles. The second kappa shape index (κ2) is 10.8. The Morgan fingerprint density at radius 2 is 1.34 bits per heavy atom. The summed E-state index contributed by atoms with van der Waals surface area (Å²) in [6.07, 6.45) is 12.9. The van der Waals surface area contributed by atoms with E-state index in [0.717, 1.165) is 42.4 Å². The van der Waals surface area contributed by atoms with Gasteiger partial charge < -0.3 is 0 Å². The summed E-state index contributed by atoms with van der Waals surface area (Å²) in [6.45, 7) is 4.38. The Bertz CT molecular complexity index is 886. The van der Waals surface area contributed by atoms with E-state index in [0.29, 0.717) is 11.4 Å². The van der Waals surface area contributed by atoms with E-state index >= 15 is 0 Å². The van der Waals surface area contributed by atoms with Gasteiger partial charge in [0.2, 0.25) is 0 Å². The summed E-state index contributed by atoms with van der Waals surface area (Å²) in [5, 5.41) is 0. The fourth-order valence-electron chi connectivity index (χ4n) is 3.52. The smallest absolute Gasteiger partial charge is 0.159 e. The van der Waals surface area contributed by atoms with Crippen molar-refractivity contribution >= 4 is 0 Å². The minimum atomic E-state index is -0.151. The number of hydrogen-bond acceptors (Lipinski definition) is 2. The Morgan fingerprint density at radius 3 is 2.00 bits per heavy atom. The van der Waals surface area contributed by atoms with Crippen LogP contribution in [-0.2, 0) is 12.8 Å². The van der Waals surface area contributed by atoms with Gasteiger partial charge in [0, 0.05) is 23.5 Å². The molecule has 0 bridgehead atoms. The lowest BCUT2D eigenvalue weighted by atomic mass is 9.99. The molecule has 0 atom stereocenters. The van der Waals surface area contributed by atoms with Gasteiger partial charge in [-0.3, -0.25) is 0 Å². The first-order chi connectivity index (χ1) is 14.2. The molecule has 0 aliphatic carbocycles. The van der Waals surface area contributed by atoms with E-state index in [1.54, 1.807) is 6.07 Å². The van der Waals surface area contributed by atoms with E-state index in [4.69, 9.17) is 0 Å². The van der Waals surface area contributed by atoms with Gasteiger partial charge in [-0.2, -0.15) is 0 Å². The summed E-state index contributed by atoms with van der Waals surface area (Å²) in [7, 11) is 0. The third-order valence-electron chi connectivity index (χ3n) is 5.33. The summed E-state index contributed by atoms with van der Waals surface area (Å²) in [5.74, 6) is 0.557. The molecule has 3 aromatic rings. The van der Waals surface area contributed by atoms with Crippen molar-refractivity contribution in [2.45, 2.75) is 65.2 Å². The molecule has 29 heavy (non-hydrogen) atoms. The number of benzene rings is 2. The van der Waals surface area contributed by atoms with Crippen LogP contribution in [0.5, 0.6) is 0 Å². The fraction of sp³-hybridized carbons (Fsp3) is 0.385. The molecule has 0 N–H and O–H groups in total. The van der Waals surface area contributed by atoms with Crippen LogP contribution in [0, 0.1) is 5.82 Å². The van der Waals surface area contributed by atoms with Crippen LogP contribution in [0.3, 0.4) is 0 Å². The molecule has 0 fully saturated rings. The predicted molar refractivity (Wildman–Crippen MR) is 119 cm³/mol. The largest absolute Gasteiger partial charge is 0.236 e. The van der Waals surface area contributed by atoms with Crippen molar-refractivity contribution in [2.75, 3.05) is 0 Å². The lowest BCUT2D eigenvalue weighted by molar-refractivity contribution is 0.624. The molecule has 1 aromatic heterocycles. The molecule has 2 nitrogen and oxygen atoms in total. The number of aromatic nitrogens is 2. The van der Waals surface area contributed by atoms with Crippen molar-refractivity contribution < 1.29 is 4.39 Å². The first kappa shape index (κ1) is 21.2. The summed E-state index contributed by atoms with van der Waals surface area (Å²) >= 11 is 0. The van der Waals surface area contributed by atoms with Gasteiger partial charge in [0.15, 0.2) is 5.82 Å². The normalized spacial score (nSPS) is 11.0. The zero-order chi connectivity index (χ0) is 20.5. The molecular weight excluding hydrogens is 359 g/mol. The summed E-state index contributed by atoms with van der Waals surface area (Å²) < 4.78 is 14.7. The first-order valence-electron chi connectivity index (χ1n) is 10.9. The predicted octanol–water partition coefficient (Wildman–Crippen LogP) is 7.42. The standard InChI is InChI=1S/C26H31FN2/c1-3-5-7-8-10-20-11-16-24(25(27)17-20)22-12-14-23(15-13-22)26-28-18-21(19-29-26)9-6-4-2/h11-19H,3-10H2,1-2H3. The number of aryl methyl sites for hydroxylation is 2. The number of nitrogens with zero attached hydrogens (tertiary/aromatic N) is 2. The van der Waals surface area contributed by atoms with Crippen molar-refractivity contribution in [3.05, 3.63) is 71.8 Å². The topological polar surface area (TPSA) is 25.8 Å². The number of halogens is 1. The van der Waals surface area contributed by atoms with Crippen LogP contribution < -0.4 is 0 Å². The lowest BCUT2D eigenvalue weighted by Gasteiger charge is -2.08. The SMILES string of the molecule is CCCCCCc1ccc(-c2ccc(-c3ncc(CCCC)cn3)cc2)c(F)c1. The molecule has 0 spiro atoms. The number of hydrogen-bond donors (Lipinski definition) is 0. The van der Waals surface area contributed by atoms with E-state index in [2.05, 4.69) is 29.9 Å². The molecule has 152 valence electrons. The molecule has 3 heteroatoms. The van der Waals surface area contributed by atoms with Crippen molar-refractivity contribution in [2.24, 2.45) is 0 Å². The Morgan fingerprint density at radius 1 is 0.690 bits per heavy atom. The van der Waals surface area contributed by atoms with E-state index in [-0.39, 0.29) is 5.82 Å². The minimum absolute atomic E-state index is 0.151. The van der Waals surface area contributed by atoms with Gasteiger partial charge in [0.1, 0.15) is 5.82 Å². The highest BCUT2D eigenvalue weighted by atomic mass is 19.1. The fourth-order valence-corrected chi connectivity index (χ4v) is 3.52. The molecule has 1 heterocycles. The zero-order valence-corrected chi connectivity index (χ0v) is 17.6. The van der Waals surface area contributed by atoms with E-state index in [1.807, 2.05) is 42.7 Å². The average Bonchev–Trinajstić information content (AvgIpc) is 2.76. The molecule has 0 amide bonds. The van der Waals surface area contributed by atoms with Gasteiger partial charge >= 0.3 is 0 Å². The second-order valence-electron chi connectivity index (χ2n) is 7.72. The molecular formula is C26H31FN2. The van der Waals surface area contributed by atoms with Gasteiger partial charge in [-0.15, -0.1) is 0 Å². The summed E-state index contributed by atoms with van der Waals surface area (Å²) in [6, 6.07) is 13.5. The van der Waals surface area contributed by atoms with Crippen LogP contribution in [0.1, 0.15) is 63.5 Å². The monoisotopic (exact) mass is 390 g/mol. The van der Waals surface area contributed by atoms with Gasteiger partial charge in [-0.1, -0.05) is 75.9 Å². The third kappa shape index (κ3) is 5.96. The van der Waals surface area contributed by atoms with E-state index in [1.165, 1.54) is 31.2 Å². The molecule has 0 saturated heterocycles. The maximum Gasteiger partial charge on any atom is 0.159 e. The maximum absolute atomic E-state index is 14.7. The molecule has 0 saturated carbocycles. The summed E-state index contributed by atoms with van der Waals surface area (Å²) in [4.78, 5) is 8.98. The minimum Gasteiger partial charge on any atom is -0.236 e. The van der Waals surface area contributed by atoms with Gasteiger partial charge in [0.05, 0.1) is 0 Å². The Balaban J connectivity index is 1.68. The zero-order valence-electron chi connectivity index (χ0n) is 17.6. The Labute approximate surface area is 174 Å². The van der Waals surface area contributed by atoms with Crippen molar-refractivity contribution in [1.29, 1.82) is 0 Å². The third-order valence-corrected chi connectivity index (χ3v) is 5.33. The van der Waals surface area contributed by atoms with Crippen LogP contribution in [0.25, 0.3) is 22.5 Å². The maximum atomic E-state index is 14.7. The van der Waals surface area contributed by atoms with Crippen molar-refractivity contribution in [3.8, 4) is 22.5 Å². The highest BCUT2D eigenvalue weighted by molar-refractivity contribution is 5.68. The molecule has 0 aliphatic heterocycles. The van der Waals surface area contributed by atoms with Crippen LogP contribution in [0.4, 0.5) is 4.39 Å². The summed E-state index contributed by atoms with van der Waals surface area (Å²) in [5.41, 5.74) is 4.72. The van der Waals surface area contributed by atoms with Crippen molar-refractivity contribution in [3.63, 3.8) is 0 Å². The second-order valence-corrected chi connectivity index (χ2v) is 7.72. The molecule has 0 unspecified atom stereocenters. The molecule has 3 rings (SSSR count). The van der Waals surface area contributed by atoms with Crippen molar-refractivity contribution in [1.82, 2.24) is 9.97 Å². The van der Waals surface area contributed by atoms with E-state index < -0.39 is 0 Å². The number of unbranched alkanes of at least 4 members (excludes halogenated alkanes) is 4. The molecule has 0 aliphatic rings.